The lowest BCUT2D eigenvalue weighted by atomic mass is 9.96. The van der Waals surface area contributed by atoms with Crippen molar-refractivity contribution >= 4 is 10.4 Å². The summed E-state index contributed by atoms with van der Waals surface area (Å²) >= 11 is 0. The molecule has 0 amide bonds. The third kappa shape index (κ3) is 7.11. The number of nitrogens with one attached hydrogen (secondary N) is 1. The Hall–Kier alpha value is -1.35. The Bertz CT molecular complexity index is 692. The first-order chi connectivity index (χ1) is 12.0. The minimum atomic E-state index is -4.57. The van der Waals surface area contributed by atoms with Crippen molar-refractivity contribution in [2.24, 2.45) is 0 Å². The molecule has 1 saturated carbocycles. The van der Waals surface area contributed by atoms with E-state index in [2.05, 4.69) is 9.50 Å². The highest BCUT2D eigenvalue weighted by atomic mass is 32.3. The van der Waals surface area contributed by atoms with Gasteiger partial charge in [-0.2, -0.15) is 8.42 Å². The molecule has 0 saturated heterocycles. The lowest BCUT2D eigenvalue weighted by Gasteiger charge is -2.23. The number of aliphatic hydroxyl groups excluding tert-OH is 1. The Kier molecular flexibility index (Phi) is 6.90. The Labute approximate surface area is 155 Å². The fourth-order valence-corrected chi connectivity index (χ4v) is 3.40. The summed E-state index contributed by atoms with van der Waals surface area (Å²) in [5, 5.41) is 13.3. The Balaban J connectivity index is 2.08. The topological polar surface area (TPSA) is 105 Å². The summed E-state index contributed by atoms with van der Waals surface area (Å²) in [4.78, 5) is 0. The molecule has 1 aliphatic carbocycles. The van der Waals surface area contributed by atoms with Gasteiger partial charge in [-0.3, -0.25) is 4.55 Å². The van der Waals surface area contributed by atoms with Crippen LogP contribution in [0.15, 0.2) is 18.2 Å². The number of benzene rings is 1. The van der Waals surface area contributed by atoms with E-state index in [0.29, 0.717) is 12.3 Å². The summed E-state index contributed by atoms with van der Waals surface area (Å²) in [6, 6.07) is 4.65. The standard InChI is InChI=1S/C18H29NO6S/c1-18(2,3)19-11-14(20)12-24-17-9-8-15(25-26(21,22)23)10-16(17)13-6-4-5-7-13/h8-10,13-14,19-20H,4-7,11-12H2,1-3H3,(H,21,22,23). The smallest absolute Gasteiger partial charge is 0.446 e. The second kappa shape index (κ2) is 8.56. The Morgan fingerprint density at radius 3 is 2.50 bits per heavy atom. The van der Waals surface area contributed by atoms with Crippen LogP contribution in [0.25, 0.3) is 0 Å². The molecule has 1 fully saturated rings. The molecule has 1 unspecified atom stereocenters. The molecule has 1 aromatic rings. The van der Waals surface area contributed by atoms with Gasteiger partial charge in [-0.25, -0.2) is 0 Å². The highest BCUT2D eigenvalue weighted by Gasteiger charge is 2.23. The van der Waals surface area contributed by atoms with Gasteiger partial charge < -0.3 is 19.3 Å². The minimum Gasteiger partial charge on any atom is -0.491 e. The van der Waals surface area contributed by atoms with Crippen LogP contribution in [0, 0.1) is 0 Å². The zero-order valence-electron chi connectivity index (χ0n) is 15.6. The predicted octanol–water partition coefficient (Wildman–Crippen LogP) is 2.65. The summed E-state index contributed by atoms with van der Waals surface area (Å²) in [5.74, 6) is 0.908. The van der Waals surface area contributed by atoms with Gasteiger partial charge >= 0.3 is 10.4 Å². The van der Waals surface area contributed by atoms with Crippen LogP contribution in [-0.2, 0) is 10.4 Å². The Morgan fingerprint density at radius 1 is 1.27 bits per heavy atom. The molecule has 1 aliphatic rings. The fourth-order valence-electron chi connectivity index (χ4n) is 3.06. The lowest BCUT2D eigenvalue weighted by Crippen LogP contribution is -2.42. The highest BCUT2D eigenvalue weighted by Crippen LogP contribution is 2.40. The monoisotopic (exact) mass is 387 g/mol. The van der Waals surface area contributed by atoms with Gasteiger partial charge in [0.05, 0.1) is 0 Å². The number of hydrogen-bond acceptors (Lipinski definition) is 6. The summed E-state index contributed by atoms with van der Waals surface area (Å²) < 4.78 is 41.1. The van der Waals surface area contributed by atoms with Crippen molar-refractivity contribution in [1.82, 2.24) is 5.32 Å². The first-order valence-electron chi connectivity index (χ1n) is 8.90. The summed E-state index contributed by atoms with van der Waals surface area (Å²) in [6.45, 7) is 6.60. The van der Waals surface area contributed by atoms with Gasteiger partial charge in [0.15, 0.2) is 0 Å². The normalized spacial score (nSPS) is 17.3. The van der Waals surface area contributed by atoms with E-state index < -0.39 is 16.5 Å². The molecular weight excluding hydrogens is 358 g/mol. The molecule has 148 valence electrons. The largest absolute Gasteiger partial charge is 0.491 e. The van der Waals surface area contributed by atoms with Crippen LogP contribution in [0.4, 0.5) is 0 Å². The first kappa shape index (κ1) is 21.0. The van der Waals surface area contributed by atoms with Crippen LogP contribution in [0.2, 0.25) is 0 Å². The highest BCUT2D eigenvalue weighted by molar-refractivity contribution is 7.81. The number of β-amino-alcohol motifs (C(OH)–C–C–N with tert-alkyl or cyclic N) is 1. The molecule has 3 N–H and O–H groups in total. The number of aliphatic hydroxyl groups is 1. The van der Waals surface area contributed by atoms with Crippen molar-refractivity contribution in [2.45, 2.75) is 64.0 Å². The zero-order chi connectivity index (χ0) is 19.4. The van der Waals surface area contributed by atoms with E-state index >= 15 is 0 Å². The molecule has 0 spiro atoms. The van der Waals surface area contributed by atoms with Crippen molar-refractivity contribution in [1.29, 1.82) is 0 Å². The van der Waals surface area contributed by atoms with Crippen molar-refractivity contribution in [3.05, 3.63) is 23.8 Å². The molecule has 8 heteroatoms. The van der Waals surface area contributed by atoms with Gasteiger partial charge in [-0.05, 0) is 57.7 Å². The SMILES string of the molecule is CC(C)(C)NCC(O)COc1ccc(OS(=O)(=O)O)cc1C1CCCC1. The molecule has 0 radical (unpaired) electrons. The van der Waals surface area contributed by atoms with E-state index in [1.165, 1.54) is 6.07 Å². The van der Waals surface area contributed by atoms with Crippen molar-refractivity contribution in [2.75, 3.05) is 13.2 Å². The lowest BCUT2D eigenvalue weighted by molar-refractivity contribution is 0.0993. The Morgan fingerprint density at radius 2 is 1.92 bits per heavy atom. The van der Waals surface area contributed by atoms with Crippen LogP contribution in [-0.4, -0.2) is 42.9 Å². The molecule has 26 heavy (non-hydrogen) atoms. The zero-order valence-corrected chi connectivity index (χ0v) is 16.4. The van der Waals surface area contributed by atoms with E-state index in [9.17, 15) is 13.5 Å². The average Bonchev–Trinajstić information content (AvgIpc) is 3.03. The number of ether oxygens (including phenoxy) is 1. The summed E-state index contributed by atoms with van der Waals surface area (Å²) in [5.41, 5.74) is 0.754. The molecular formula is C18H29NO6S. The predicted molar refractivity (Wildman–Crippen MR) is 99.1 cm³/mol. The average molecular weight is 387 g/mol. The molecule has 0 heterocycles. The van der Waals surface area contributed by atoms with Gasteiger partial charge in [-0.1, -0.05) is 12.8 Å². The van der Waals surface area contributed by atoms with Crippen molar-refractivity contribution < 1.29 is 27.0 Å². The molecule has 0 aromatic heterocycles. The molecule has 2 rings (SSSR count). The second-order valence-electron chi connectivity index (χ2n) is 7.79. The van der Waals surface area contributed by atoms with Crippen LogP contribution < -0.4 is 14.2 Å². The molecule has 0 bridgehead atoms. The molecule has 0 aliphatic heterocycles. The maximum atomic E-state index is 10.9. The van der Waals surface area contributed by atoms with E-state index in [1.807, 2.05) is 20.8 Å². The van der Waals surface area contributed by atoms with E-state index in [4.69, 9.17) is 9.29 Å². The summed E-state index contributed by atoms with van der Waals surface area (Å²) in [6.07, 6.45) is 3.51. The maximum absolute atomic E-state index is 10.9. The number of rotatable bonds is 8. The first-order valence-corrected chi connectivity index (χ1v) is 10.3. The van der Waals surface area contributed by atoms with Crippen LogP contribution in [0.5, 0.6) is 11.5 Å². The molecule has 1 aromatic carbocycles. The maximum Gasteiger partial charge on any atom is 0.446 e. The van der Waals surface area contributed by atoms with Gasteiger partial charge in [-0.15, -0.1) is 0 Å². The van der Waals surface area contributed by atoms with Gasteiger partial charge in [0.1, 0.15) is 24.2 Å². The van der Waals surface area contributed by atoms with Crippen LogP contribution in [0.3, 0.4) is 0 Å². The van der Waals surface area contributed by atoms with Gasteiger partial charge in [0, 0.05) is 17.6 Å². The fraction of sp³-hybridized carbons (Fsp3) is 0.667. The van der Waals surface area contributed by atoms with Crippen LogP contribution >= 0.6 is 0 Å². The third-order valence-electron chi connectivity index (χ3n) is 4.28. The second-order valence-corrected chi connectivity index (χ2v) is 8.81. The minimum absolute atomic E-state index is 0.0525. The molecule has 7 nitrogen and oxygen atoms in total. The third-order valence-corrected chi connectivity index (χ3v) is 4.68. The van der Waals surface area contributed by atoms with Gasteiger partial charge in [0.25, 0.3) is 0 Å². The van der Waals surface area contributed by atoms with Crippen molar-refractivity contribution in [3.63, 3.8) is 0 Å². The van der Waals surface area contributed by atoms with E-state index in [1.54, 1.807) is 12.1 Å². The van der Waals surface area contributed by atoms with Gasteiger partial charge in [0.2, 0.25) is 0 Å². The molecule has 1 atom stereocenters. The number of hydrogen-bond donors (Lipinski definition) is 3. The van der Waals surface area contributed by atoms with Crippen molar-refractivity contribution in [3.8, 4) is 11.5 Å². The summed E-state index contributed by atoms with van der Waals surface area (Å²) in [7, 11) is -4.57. The van der Waals surface area contributed by atoms with E-state index in [-0.39, 0.29) is 23.8 Å². The van der Waals surface area contributed by atoms with Crippen LogP contribution in [0.1, 0.15) is 57.9 Å². The quantitative estimate of drug-likeness (QED) is 0.589. The van der Waals surface area contributed by atoms with E-state index in [0.717, 1.165) is 31.2 Å².